The van der Waals surface area contributed by atoms with E-state index in [4.69, 9.17) is 4.74 Å². The summed E-state index contributed by atoms with van der Waals surface area (Å²) >= 11 is 0. The quantitative estimate of drug-likeness (QED) is 0.946. The van der Waals surface area contributed by atoms with Crippen LogP contribution >= 0.6 is 0 Å². The second kappa shape index (κ2) is 6.17. The van der Waals surface area contributed by atoms with Crippen molar-refractivity contribution < 1.29 is 9.53 Å². The Morgan fingerprint density at radius 3 is 2.55 bits per heavy atom. The van der Waals surface area contributed by atoms with E-state index >= 15 is 0 Å². The molecule has 0 unspecified atom stereocenters. The van der Waals surface area contributed by atoms with Gasteiger partial charge in [0, 0.05) is 23.0 Å². The van der Waals surface area contributed by atoms with Gasteiger partial charge in [0.05, 0.1) is 5.69 Å². The molecule has 0 atom stereocenters. The smallest absolute Gasteiger partial charge is 0.407 e. The SMILES string of the molecule is Cc1cc(C)n(-c2ccc(COC(=O)NC(C)(C)C)cn2)n1. The molecule has 0 spiro atoms. The van der Waals surface area contributed by atoms with Crippen molar-refractivity contribution in [2.45, 2.75) is 46.8 Å². The molecule has 0 saturated carbocycles. The van der Waals surface area contributed by atoms with Crippen LogP contribution in [0.5, 0.6) is 0 Å². The molecule has 6 heteroatoms. The van der Waals surface area contributed by atoms with Crippen molar-refractivity contribution in [2.24, 2.45) is 0 Å². The lowest BCUT2D eigenvalue weighted by Crippen LogP contribution is -2.40. The summed E-state index contributed by atoms with van der Waals surface area (Å²) in [6.07, 6.45) is 1.26. The molecule has 0 aliphatic rings. The van der Waals surface area contributed by atoms with E-state index in [1.54, 1.807) is 10.9 Å². The van der Waals surface area contributed by atoms with E-state index in [-0.39, 0.29) is 12.1 Å². The minimum Gasteiger partial charge on any atom is -0.445 e. The van der Waals surface area contributed by atoms with Gasteiger partial charge in [0.25, 0.3) is 0 Å². The summed E-state index contributed by atoms with van der Waals surface area (Å²) < 4.78 is 6.95. The van der Waals surface area contributed by atoms with E-state index in [2.05, 4.69) is 15.4 Å². The lowest BCUT2D eigenvalue weighted by Gasteiger charge is -2.19. The maximum absolute atomic E-state index is 11.6. The van der Waals surface area contributed by atoms with Gasteiger partial charge in [-0.25, -0.2) is 14.5 Å². The number of carbonyl (C=O) groups excluding carboxylic acids is 1. The first kappa shape index (κ1) is 16.0. The second-order valence-electron chi connectivity index (χ2n) is 6.31. The van der Waals surface area contributed by atoms with Crippen LogP contribution in [0, 0.1) is 13.8 Å². The first-order chi connectivity index (χ1) is 10.2. The van der Waals surface area contributed by atoms with Crippen LogP contribution < -0.4 is 5.32 Å². The van der Waals surface area contributed by atoms with Crippen LogP contribution in [-0.2, 0) is 11.3 Å². The highest BCUT2D eigenvalue weighted by atomic mass is 16.5. The highest BCUT2D eigenvalue weighted by Gasteiger charge is 2.14. The van der Waals surface area contributed by atoms with Crippen LogP contribution in [0.3, 0.4) is 0 Å². The summed E-state index contributed by atoms with van der Waals surface area (Å²) in [5, 5.41) is 7.12. The standard InChI is InChI=1S/C16H22N4O2/c1-11-8-12(2)20(19-11)14-7-6-13(9-17-14)10-22-15(21)18-16(3,4)5/h6-9H,10H2,1-5H3,(H,18,21). The summed E-state index contributed by atoms with van der Waals surface area (Å²) in [5.41, 5.74) is 2.49. The molecule has 22 heavy (non-hydrogen) atoms. The van der Waals surface area contributed by atoms with Crippen molar-refractivity contribution >= 4 is 6.09 Å². The van der Waals surface area contributed by atoms with Gasteiger partial charge in [0.1, 0.15) is 6.61 Å². The summed E-state index contributed by atoms with van der Waals surface area (Å²) in [6.45, 7) is 9.82. The molecule has 0 bridgehead atoms. The average Bonchev–Trinajstić information content (AvgIpc) is 2.74. The normalized spacial score (nSPS) is 11.3. The molecule has 2 heterocycles. The number of pyridine rings is 1. The molecule has 118 valence electrons. The molecule has 0 aliphatic carbocycles. The van der Waals surface area contributed by atoms with Crippen molar-refractivity contribution in [3.63, 3.8) is 0 Å². The highest BCUT2D eigenvalue weighted by molar-refractivity contribution is 5.68. The number of hydrogen-bond acceptors (Lipinski definition) is 4. The van der Waals surface area contributed by atoms with Crippen molar-refractivity contribution in [1.82, 2.24) is 20.1 Å². The largest absolute Gasteiger partial charge is 0.445 e. The fourth-order valence-electron chi connectivity index (χ4n) is 1.98. The van der Waals surface area contributed by atoms with E-state index in [0.717, 1.165) is 22.8 Å². The number of aromatic nitrogens is 3. The minimum atomic E-state index is -0.435. The van der Waals surface area contributed by atoms with Gasteiger partial charge < -0.3 is 10.1 Å². The average molecular weight is 302 g/mol. The highest BCUT2D eigenvalue weighted by Crippen LogP contribution is 2.11. The fraction of sp³-hybridized carbons (Fsp3) is 0.438. The third-order valence-electron chi connectivity index (χ3n) is 2.88. The Morgan fingerprint density at radius 2 is 2.05 bits per heavy atom. The zero-order valence-corrected chi connectivity index (χ0v) is 13.7. The van der Waals surface area contributed by atoms with Crippen LogP contribution in [0.4, 0.5) is 4.79 Å². The zero-order valence-electron chi connectivity index (χ0n) is 13.7. The Labute approximate surface area is 130 Å². The van der Waals surface area contributed by atoms with Gasteiger partial charge in [-0.05, 0) is 46.8 Å². The molecule has 0 fully saturated rings. The summed E-state index contributed by atoms with van der Waals surface area (Å²) in [5.74, 6) is 0.744. The molecule has 0 saturated heterocycles. The second-order valence-corrected chi connectivity index (χ2v) is 6.31. The first-order valence-electron chi connectivity index (χ1n) is 7.18. The molecule has 1 N–H and O–H groups in total. The maximum atomic E-state index is 11.6. The molecule has 0 radical (unpaired) electrons. The molecule has 0 aliphatic heterocycles. The van der Waals surface area contributed by atoms with Gasteiger partial charge >= 0.3 is 6.09 Å². The number of nitrogens with zero attached hydrogens (tertiary/aromatic N) is 3. The molecular formula is C16H22N4O2. The van der Waals surface area contributed by atoms with Crippen molar-refractivity contribution in [2.75, 3.05) is 0 Å². The third-order valence-corrected chi connectivity index (χ3v) is 2.88. The molecule has 1 amide bonds. The Bertz CT molecular complexity index is 654. The summed E-state index contributed by atoms with van der Waals surface area (Å²) in [6, 6.07) is 5.73. The number of hydrogen-bond donors (Lipinski definition) is 1. The van der Waals surface area contributed by atoms with Gasteiger partial charge in [-0.1, -0.05) is 6.07 Å². The predicted octanol–water partition coefficient (Wildman–Crippen LogP) is 2.91. The van der Waals surface area contributed by atoms with E-state index in [9.17, 15) is 4.79 Å². The fourth-order valence-corrected chi connectivity index (χ4v) is 1.98. The van der Waals surface area contributed by atoms with E-state index in [0.29, 0.717) is 0 Å². The number of ether oxygens (including phenoxy) is 1. The number of nitrogens with one attached hydrogen (secondary N) is 1. The Kier molecular flexibility index (Phi) is 4.49. The van der Waals surface area contributed by atoms with E-state index < -0.39 is 6.09 Å². The van der Waals surface area contributed by atoms with E-state index in [1.165, 1.54) is 0 Å². The van der Waals surface area contributed by atoms with Crippen LogP contribution in [0.25, 0.3) is 5.82 Å². The minimum absolute atomic E-state index is 0.187. The molecule has 2 rings (SSSR count). The number of rotatable bonds is 3. The third kappa shape index (κ3) is 4.31. The Morgan fingerprint density at radius 1 is 1.32 bits per heavy atom. The van der Waals surface area contributed by atoms with Crippen LogP contribution in [0.1, 0.15) is 37.7 Å². The number of amides is 1. The zero-order chi connectivity index (χ0) is 16.3. The maximum Gasteiger partial charge on any atom is 0.407 e. The number of aryl methyl sites for hydroxylation is 2. The van der Waals surface area contributed by atoms with Crippen molar-refractivity contribution in [3.05, 3.63) is 41.3 Å². The van der Waals surface area contributed by atoms with Gasteiger partial charge in [-0.2, -0.15) is 5.10 Å². The van der Waals surface area contributed by atoms with E-state index in [1.807, 2.05) is 52.8 Å². The lowest BCUT2D eigenvalue weighted by molar-refractivity contribution is 0.131. The molecular weight excluding hydrogens is 280 g/mol. The predicted molar refractivity (Wildman–Crippen MR) is 83.9 cm³/mol. The van der Waals surface area contributed by atoms with Crippen molar-refractivity contribution in [3.8, 4) is 5.82 Å². The molecule has 0 aromatic carbocycles. The van der Waals surface area contributed by atoms with Crippen molar-refractivity contribution in [1.29, 1.82) is 0 Å². The molecule has 2 aromatic rings. The van der Waals surface area contributed by atoms with Gasteiger partial charge in [-0.3, -0.25) is 0 Å². The van der Waals surface area contributed by atoms with Crippen LogP contribution in [0.15, 0.2) is 24.4 Å². The topological polar surface area (TPSA) is 69.0 Å². The first-order valence-corrected chi connectivity index (χ1v) is 7.18. The molecule has 2 aromatic heterocycles. The summed E-state index contributed by atoms with van der Waals surface area (Å²) in [7, 11) is 0. The Balaban J connectivity index is 1.98. The molecule has 6 nitrogen and oxygen atoms in total. The Hall–Kier alpha value is -2.37. The van der Waals surface area contributed by atoms with Gasteiger partial charge in [0.15, 0.2) is 5.82 Å². The number of carbonyl (C=O) groups is 1. The van der Waals surface area contributed by atoms with Crippen LogP contribution in [-0.4, -0.2) is 26.4 Å². The summed E-state index contributed by atoms with van der Waals surface area (Å²) in [4.78, 5) is 16.0. The number of alkyl carbamates (subject to hydrolysis) is 1. The lowest BCUT2D eigenvalue weighted by atomic mass is 10.1. The van der Waals surface area contributed by atoms with Gasteiger partial charge in [0.2, 0.25) is 0 Å². The van der Waals surface area contributed by atoms with Crippen LogP contribution in [0.2, 0.25) is 0 Å². The monoisotopic (exact) mass is 302 g/mol. The van der Waals surface area contributed by atoms with Gasteiger partial charge in [-0.15, -0.1) is 0 Å².